The van der Waals surface area contributed by atoms with E-state index in [1.165, 1.54) is 14.2 Å². The number of ether oxygens (including phenoxy) is 1. The van der Waals surface area contributed by atoms with Crippen molar-refractivity contribution in [1.29, 1.82) is 0 Å². The number of rotatable bonds is 4. The van der Waals surface area contributed by atoms with E-state index < -0.39 is 5.97 Å². The van der Waals surface area contributed by atoms with Gasteiger partial charge in [-0.25, -0.2) is 4.79 Å². The van der Waals surface area contributed by atoms with Crippen molar-refractivity contribution >= 4 is 5.97 Å². The van der Waals surface area contributed by atoms with Crippen LogP contribution in [0, 0.1) is 6.92 Å². The summed E-state index contributed by atoms with van der Waals surface area (Å²) < 4.78 is 5.04. The lowest BCUT2D eigenvalue weighted by atomic mass is 10.0. The normalized spacial score (nSPS) is 10.0. The fraction of sp³-hybridized carbons (Fsp3) is 0.364. The molecule has 1 rings (SSSR count). The second-order valence-corrected chi connectivity index (χ2v) is 3.17. The second kappa shape index (κ2) is 5.48. The Morgan fingerprint density at radius 1 is 1.38 bits per heavy atom. The van der Waals surface area contributed by atoms with Gasteiger partial charge < -0.3 is 9.84 Å². The minimum absolute atomic E-state index is 0.109. The molecule has 1 N–H and O–H groups in total. The number of hydrogen-bond acceptors (Lipinski definition) is 5. The first-order chi connectivity index (χ1) is 7.63. The maximum Gasteiger partial charge on any atom is 0.376 e. The minimum atomic E-state index is -0.632. The van der Waals surface area contributed by atoms with Crippen LogP contribution in [0.3, 0.4) is 0 Å². The Labute approximate surface area is 93.5 Å². The van der Waals surface area contributed by atoms with Crippen molar-refractivity contribution in [1.82, 2.24) is 0 Å². The summed E-state index contributed by atoms with van der Waals surface area (Å²) in [5.41, 5.74) is 1.75. The summed E-state index contributed by atoms with van der Waals surface area (Å²) in [4.78, 5) is 20.2. The lowest BCUT2D eigenvalue weighted by Gasteiger charge is -2.10. The van der Waals surface area contributed by atoms with Gasteiger partial charge in [0.2, 0.25) is 0 Å². The van der Waals surface area contributed by atoms with Crippen LogP contribution in [0.1, 0.15) is 21.5 Å². The van der Waals surface area contributed by atoms with Gasteiger partial charge in [-0.3, -0.25) is 4.89 Å². The highest BCUT2D eigenvalue weighted by Crippen LogP contribution is 2.24. The van der Waals surface area contributed by atoms with Gasteiger partial charge in [0, 0.05) is 0 Å². The number of aliphatic hydroxyl groups is 1. The molecule has 16 heavy (non-hydrogen) atoms. The number of carbonyl (C=O) groups is 1. The van der Waals surface area contributed by atoms with E-state index in [0.29, 0.717) is 11.3 Å². The maximum atomic E-state index is 11.5. The Balaban J connectivity index is 3.17. The van der Waals surface area contributed by atoms with Gasteiger partial charge in [0.1, 0.15) is 11.3 Å². The monoisotopic (exact) mass is 226 g/mol. The van der Waals surface area contributed by atoms with Crippen molar-refractivity contribution < 1.29 is 24.4 Å². The van der Waals surface area contributed by atoms with E-state index in [2.05, 4.69) is 9.78 Å². The summed E-state index contributed by atoms with van der Waals surface area (Å²) in [5, 5.41) is 9.07. The molecule has 0 heterocycles. The molecule has 5 nitrogen and oxygen atoms in total. The van der Waals surface area contributed by atoms with Gasteiger partial charge in [0.15, 0.2) is 0 Å². The third-order valence-electron chi connectivity index (χ3n) is 2.21. The molecule has 0 aliphatic rings. The van der Waals surface area contributed by atoms with Gasteiger partial charge in [-0.2, -0.15) is 4.89 Å². The first-order valence-corrected chi connectivity index (χ1v) is 4.67. The summed E-state index contributed by atoms with van der Waals surface area (Å²) >= 11 is 0. The third kappa shape index (κ3) is 2.50. The average Bonchev–Trinajstić information content (AvgIpc) is 2.29. The van der Waals surface area contributed by atoms with Gasteiger partial charge in [0.05, 0.1) is 20.8 Å². The molecule has 0 unspecified atom stereocenters. The molecule has 1 aromatic rings. The minimum Gasteiger partial charge on any atom is -0.496 e. The topological polar surface area (TPSA) is 65.0 Å². The van der Waals surface area contributed by atoms with Crippen LogP contribution in [0.15, 0.2) is 12.1 Å². The van der Waals surface area contributed by atoms with Crippen LogP contribution in [0.4, 0.5) is 0 Å². The van der Waals surface area contributed by atoms with Crippen molar-refractivity contribution in [2.75, 3.05) is 14.2 Å². The fourth-order valence-corrected chi connectivity index (χ4v) is 1.35. The highest BCUT2D eigenvalue weighted by molar-refractivity contribution is 5.92. The van der Waals surface area contributed by atoms with E-state index >= 15 is 0 Å². The molecule has 0 aliphatic heterocycles. The standard InChI is InChI=1S/C11H14O5/c1-7-4-9(11(13)16-15-3)10(14-2)5-8(7)6-12/h4-5,12H,6H2,1-3H3. The molecule has 0 aromatic heterocycles. The van der Waals surface area contributed by atoms with E-state index in [0.717, 1.165) is 5.56 Å². The summed E-state index contributed by atoms with van der Waals surface area (Å²) in [5.74, 6) is -0.288. The quantitative estimate of drug-likeness (QED) is 0.617. The molecule has 0 fully saturated rings. The molecule has 88 valence electrons. The van der Waals surface area contributed by atoms with Crippen molar-refractivity contribution in [3.8, 4) is 5.75 Å². The third-order valence-corrected chi connectivity index (χ3v) is 2.21. The van der Waals surface area contributed by atoms with Gasteiger partial charge in [-0.1, -0.05) is 0 Å². The number of methoxy groups -OCH3 is 1. The average molecular weight is 226 g/mol. The van der Waals surface area contributed by atoms with E-state index in [-0.39, 0.29) is 12.2 Å². The molecular formula is C11H14O5. The van der Waals surface area contributed by atoms with Crippen LogP contribution < -0.4 is 4.74 Å². The van der Waals surface area contributed by atoms with Crippen molar-refractivity contribution in [2.24, 2.45) is 0 Å². The Morgan fingerprint density at radius 3 is 2.56 bits per heavy atom. The van der Waals surface area contributed by atoms with Crippen LogP contribution >= 0.6 is 0 Å². The highest BCUT2D eigenvalue weighted by atomic mass is 17.2. The molecule has 0 saturated carbocycles. The van der Waals surface area contributed by atoms with Crippen molar-refractivity contribution in [2.45, 2.75) is 13.5 Å². The highest BCUT2D eigenvalue weighted by Gasteiger charge is 2.16. The lowest BCUT2D eigenvalue weighted by molar-refractivity contribution is -0.216. The maximum absolute atomic E-state index is 11.5. The van der Waals surface area contributed by atoms with Crippen LogP contribution in [0.5, 0.6) is 5.75 Å². The summed E-state index contributed by atoms with van der Waals surface area (Å²) in [7, 11) is 2.69. The van der Waals surface area contributed by atoms with Crippen LogP contribution in [-0.4, -0.2) is 25.3 Å². The second-order valence-electron chi connectivity index (χ2n) is 3.17. The van der Waals surface area contributed by atoms with Gasteiger partial charge in [-0.05, 0) is 30.2 Å². The van der Waals surface area contributed by atoms with E-state index in [4.69, 9.17) is 9.84 Å². The molecule has 0 aliphatic carbocycles. The molecule has 5 heteroatoms. The summed E-state index contributed by atoms with van der Waals surface area (Å²) in [6, 6.07) is 3.19. The molecule has 0 saturated heterocycles. The van der Waals surface area contributed by atoms with E-state index in [1.54, 1.807) is 19.1 Å². The Morgan fingerprint density at radius 2 is 2.06 bits per heavy atom. The molecule has 0 bridgehead atoms. The molecule has 0 spiro atoms. The molecule has 0 amide bonds. The lowest BCUT2D eigenvalue weighted by Crippen LogP contribution is -2.07. The van der Waals surface area contributed by atoms with Crippen molar-refractivity contribution in [3.63, 3.8) is 0 Å². The predicted octanol–water partition coefficient (Wildman–Crippen LogP) is 1.21. The number of hydrogen-bond donors (Lipinski definition) is 1. The Bertz CT molecular complexity index is 386. The van der Waals surface area contributed by atoms with E-state index in [1.807, 2.05) is 0 Å². The number of carbonyl (C=O) groups excluding carboxylic acids is 1. The van der Waals surface area contributed by atoms with Crippen LogP contribution in [-0.2, 0) is 16.4 Å². The smallest absolute Gasteiger partial charge is 0.376 e. The number of aliphatic hydroxyl groups excluding tert-OH is 1. The predicted molar refractivity (Wildman–Crippen MR) is 56.1 cm³/mol. The SMILES string of the molecule is COOC(=O)c1cc(C)c(CO)cc1OC. The van der Waals surface area contributed by atoms with E-state index in [9.17, 15) is 4.79 Å². The first-order valence-electron chi connectivity index (χ1n) is 4.67. The zero-order valence-corrected chi connectivity index (χ0v) is 9.44. The zero-order valence-electron chi connectivity index (χ0n) is 9.44. The Kier molecular flexibility index (Phi) is 4.28. The molecular weight excluding hydrogens is 212 g/mol. The summed E-state index contributed by atoms with van der Waals surface area (Å²) in [6.45, 7) is 1.68. The Hall–Kier alpha value is -1.59. The first kappa shape index (κ1) is 12.5. The zero-order chi connectivity index (χ0) is 12.1. The fourth-order valence-electron chi connectivity index (χ4n) is 1.35. The largest absolute Gasteiger partial charge is 0.496 e. The molecule has 0 radical (unpaired) electrons. The van der Waals surface area contributed by atoms with Crippen LogP contribution in [0.2, 0.25) is 0 Å². The molecule has 1 aromatic carbocycles. The van der Waals surface area contributed by atoms with Gasteiger partial charge in [-0.15, -0.1) is 0 Å². The van der Waals surface area contributed by atoms with Crippen LogP contribution in [0.25, 0.3) is 0 Å². The number of benzene rings is 1. The molecule has 0 atom stereocenters. The van der Waals surface area contributed by atoms with Gasteiger partial charge in [0.25, 0.3) is 0 Å². The summed E-state index contributed by atoms with van der Waals surface area (Å²) in [6.07, 6.45) is 0. The number of aryl methyl sites for hydroxylation is 1. The van der Waals surface area contributed by atoms with Crippen molar-refractivity contribution in [3.05, 3.63) is 28.8 Å². The van der Waals surface area contributed by atoms with Gasteiger partial charge >= 0.3 is 5.97 Å².